The lowest BCUT2D eigenvalue weighted by molar-refractivity contribution is -0.137. The van der Waals surface area contributed by atoms with Crippen molar-refractivity contribution in [1.82, 2.24) is 9.62 Å². The van der Waals surface area contributed by atoms with Crippen LogP contribution in [0.1, 0.15) is 21.5 Å². The first kappa shape index (κ1) is 19.9. The average Bonchev–Trinajstić information content (AvgIpc) is 2.59. The number of rotatable bonds is 5. The van der Waals surface area contributed by atoms with Crippen LogP contribution >= 0.6 is 0 Å². The van der Waals surface area contributed by atoms with Crippen molar-refractivity contribution in [1.29, 1.82) is 0 Å². The molecule has 140 valence electrons. The fourth-order valence-electron chi connectivity index (χ4n) is 2.19. The minimum absolute atomic E-state index is 0.0472. The summed E-state index contributed by atoms with van der Waals surface area (Å²) in [6, 6.07) is 9.96. The molecule has 0 unspecified atom stereocenters. The molecule has 9 heteroatoms. The molecule has 0 aromatic heterocycles. The number of carbonyl (C=O) groups is 1. The molecule has 5 nitrogen and oxygen atoms in total. The molecule has 0 heterocycles. The molecule has 0 saturated carbocycles. The Hall–Kier alpha value is -2.39. The highest BCUT2D eigenvalue weighted by Crippen LogP contribution is 2.29. The van der Waals surface area contributed by atoms with Gasteiger partial charge in [-0.15, -0.1) is 0 Å². The number of benzene rings is 2. The number of sulfonamides is 1. The van der Waals surface area contributed by atoms with Crippen LogP contribution in [0.4, 0.5) is 13.2 Å². The van der Waals surface area contributed by atoms with E-state index in [0.717, 1.165) is 28.6 Å². The van der Waals surface area contributed by atoms with Crippen LogP contribution in [0.25, 0.3) is 0 Å². The van der Waals surface area contributed by atoms with Crippen molar-refractivity contribution in [3.63, 3.8) is 0 Å². The monoisotopic (exact) mass is 386 g/mol. The predicted molar refractivity (Wildman–Crippen MR) is 89.9 cm³/mol. The van der Waals surface area contributed by atoms with Crippen LogP contribution in [0.3, 0.4) is 0 Å². The number of hydrogen-bond acceptors (Lipinski definition) is 3. The lowest BCUT2D eigenvalue weighted by Gasteiger charge is -2.15. The molecule has 0 aliphatic heterocycles. The van der Waals surface area contributed by atoms with Crippen LogP contribution in [-0.2, 0) is 22.7 Å². The summed E-state index contributed by atoms with van der Waals surface area (Å²) in [6.07, 6.45) is -4.48. The number of alkyl halides is 3. The van der Waals surface area contributed by atoms with Gasteiger partial charge in [-0.1, -0.05) is 18.2 Å². The molecule has 0 aliphatic rings. The molecule has 0 aliphatic carbocycles. The number of carbonyl (C=O) groups excluding carboxylic acids is 1. The van der Waals surface area contributed by atoms with Gasteiger partial charge in [0, 0.05) is 26.2 Å². The minimum atomic E-state index is -4.48. The summed E-state index contributed by atoms with van der Waals surface area (Å²) in [5.41, 5.74) is -0.427. The fraction of sp³-hybridized carbons (Fsp3) is 0.235. The summed E-state index contributed by atoms with van der Waals surface area (Å²) in [4.78, 5) is 12.2. The number of amides is 1. The van der Waals surface area contributed by atoms with E-state index in [4.69, 9.17) is 0 Å². The third kappa shape index (κ3) is 4.41. The first-order valence-electron chi connectivity index (χ1n) is 7.49. The molecular formula is C17H17F3N2O3S. The van der Waals surface area contributed by atoms with Crippen molar-refractivity contribution < 1.29 is 26.4 Å². The largest absolute Gasteiger partial charge is 0.416 e. The van der Waals surface area contributed by atoms with Crippen molar-refractivity contribution in [2.24, 2.45) is 0 Å². The van der Waals surface area contributed by atoms with Crippen LogP contribution in [0.5, 0.6) is 0 Å². The van der Waals surface area contributed by atoms with E-state index in [0.29, 0.717) is 5.56 Å². The summed E-state index contributed by atoms with van der Waals surface area (Å²) in [5.74, 6) is -0.601. The molecule has 1 N–H and O–H groups in total. The Kier molecular flexibility index (Phi) is 5.72. The second-order valence-corrected chi connectivity index (χ2v) is 7.77. The number of nitrogens with zero attached hydrogens (tertiary/aromatic N) is 1. The summed E-state index contributed by atoms with van der Waals surface area (Å²) >= 11 is 0. The van der Waals surface area contributed by atoms with Crippen molar-refractivity contribution in [3.8, 4) is 0 Å². The Labute approximate surface area is 149 Å². The van der Waals surface area contributed by atoms with E-state index in [1.165, 1.54) is 20.2 Å². The molecule has 0 atom stereocenters. The average molecular weight is 386 g/mol. The van der Waals surface area contributed by atoms with Gasteiger partial charge in [-0.2, -0.15) is 13.2 Å². The first-order chi connectivity index (χ1) is 12.0. The Balaban J connectivity index is 2.16. The lowest BCUT2D eigenvalue weighted by atomic mass is 10.1. The maximum absolute atomic E-state index is 12.6. The highest BCUT2D eigenvalue weighted by molar-refractivity contribution is 7.89. The molecule has 0 bridgehead atoms. The van der Waals surface area contributed by atoms with Crippen LogP contribution in [0.2, 0.25) is 0 Å². The molecule has 0 radical (unpaired) electrons. The Morgan fingerprint density at radius 1 is 1.04 bits per heavy atom. The fourth-order valence-corrected chi connectivity index (χ4v) is 3.30. The second kappa shape index (κ2) is 7.46. The van der Waals surface area contributed by atoms with E-state index in [1.807, 2.05) is 0 Å². The van der Waals surface area contributed by atoms with Gasteiger partial charge >= 0.3 is 6.18 Å². The molecular weight excluding hydrogens is 369 g/mol. The predicted octanol–water partition coefficient (Wildman–Crippen LogP) is 2.89. The van der Waals surface area contributed by atoms with E-state index in [2.05, 4.69) is 5.32 Å². The van der Waals surface area contributed by atoms with E-state index in [1.54, 1.807) is 18.2 Å². The van der Waals surface area contributed by atoms with Gasteiger partial charge in [-0.25, -0.2) is 12.7 Å². The molecule has 26 heavy (non-hydrogen) atoms. The van der Waals surface area contributed by atoms with Gasteiger partial charge < -0.3 is 5.32 Å². The van der Waals surface area contributed by atoms with Gasteiger partial charge in [0.15, 0.2) is 0 Å². The lowest BCUT2D eigenvalue weighted by Crippen LogP contribution is -2.27. The zero-order valence-corrected chi connectivity index (χ0v) is 14.9. The molecule has 1 amide bonds. The third-order valence-corrected chi connectivity index (χ3v) is 5.56. The zero-order valence-electron chi connectivity index (χ0n) is 14.0. The molecule has 2 aromatic rings. The second-order valence-electron chi connectivity index (χ2n) is 5.65. The Bertz CT molecular complexity index is 892. The summed E-state index contributed by atoms with van der Waals surface area (Å²) < 4.78 is 63.3. The molecule has 0 fully saturated rings. The summed E-state index contributed by atoms with van der Waals surface area (Å²) in [7, 11) is -0.894. The SMILES string of the molecule is CN(C)S(=O)(=O)c1ccccc1CNC(=O)c1ccc(C(F)(F)F)cc1. The zero-order chi connectivity index (χ0) is 19.5. The number of nitrogens with one attached hydrogen (secondary N) is 1. The number of halogens is 3. The maximum atomic E-state index is 12.6. The van der Waals surface area contributed by atoms with Crippen LogP contribution in [-0.4, -0.2) is 32.7 Å². The van der Waals surface area contributed by atoms with Crippen molar-refractivity contribution in [3.05, 3.63) is 65.2 Å². The quantitative estimate of drug-likeness (QED) is 0.859. The first-order valence-corrected chi connectivity index (χ1v) is 8.93. The Morgan fingerprint density at radius 2 is 1.62 bits per heavy atom. The topological polar surface area (TPSA) is 66.5 Å². The van der Waals surface area contributed by atoms with E-state index < -0.39 is 27.7 Å². The molecule has 0 spiro atoms. The van der Waals surface area contributed by atoms with E-state index in [-0.39, 0.29) is 17.0 Å². The molecule has 2 rings (SSSR count). The maximum Gasteiger partial charge on any atom is 0.416 e. The standard InChI is InChI=1S/C17H17F3N2O3S/c1-22(2)26(24,25)15-6-4-3-5-13(15)11-21-16(23)12-7-9-14(10-8-12)17(18,19)20/h3-10H,11H2,1-2H3,(H,21,23). The van der Waals surface area contributed by atoms with Gasteiger partial charge in [-0.3, -0.25) is 4.79 Å². The summed E-state index contributed by atoms with van der Waals surface area (Å²) in [6.45, 7) is -0.0803. The van der Waals surface area contributed by atoms with Gasteiger partial charge in [0.1, 0.15) is 0 Å². The molecule has 2 aromatic carbocycles. The van der Waals surface area contributed by atoms with Gasteiger partial charge in [0.2, 0.25) is 10.0 Å². The third-order valence-electron chi connectivity index (χ3n) is 3.65. The van der Waals surface area contributed by atoms with E-state index in [9.17, 15) is 26.4 Å². The smallest absolute Gasteiger partial charge is 0.348 e. The van der Waals surface area contributed by atoms with Crippen molar-refractivity contribution >= 4 is 15.9 Å². The highest BCUT2D eigenvalue weighted by Gasteiger charge is 2.30. The van der Waals surface area contributed by atoms with Crippen molar-refractivity contribution in [2.45, 2.75) is 17.6 Å². The highest BCUT2D eigenvalue weighted by atomic mass is 32.2. The Morgan fingerprint density at radius 3 is 2.15 bits per heavy atom. The minimum Gasteiger partial charge on any atom is -0.348 e. The van der Waals surface area contributed by atoms with E-state index >= 15 is 0 Å². The van der Waals surface area contributed by atoms with Crippen LogP contribution in [0, 0.1) is 0 Å². The van der Waals surface area contributed by atoms with Crippen molar-refractivity contribution in [2.75, 3.05) is 14.1 Å². The van der Waals surface area contributed by atoms with Gasteiger partial charge in [0.05, 0.1) is 10.5 Å². The van der Waals surface area contributed by atoms with Gasteiger partial charge in [0.25, 0.3) is 5.91 Å². The molecule has 0 saturated heterocycles. The van der Waals surface area contributed by atoms with Crippen LogP contribution in [0.15, 0.2) is 53.4 Å². The normalized spacial score (nSPS) is 12.2. The van der Waals surface area contributed by atoms with Gasteiger partial charge in [-0.05, 0) is 35.9 Å². The summed E-state index contributed by atoms with van der Waals surface area (Å²) in [5, 5.41) is 2.52. The van der Waals surface area contributed by atoms with Crippen LogP contribution < -0.4 is 5.32 Å². The number of hydrogen-bond donors (Lipinski definition) is 1.